The van der Waals surface area contributed by atoms with Gasteiger partial charge in [0.2, 0.25) is 0 Å². The monoisotopic (exact) mass is 327 g/mol. The minimum Gasteiger partial charge on any atom is -0.356 e. The Hall–Kier alpha value is -1.57. The molecule has 0 amide bonds. The van der Waals surface area contributed by atoms with Crippen molar-refractivity contribution in [1.29, 1.82) is 0 Å². The van der Waals surface area contributed by atoms with Gasteiger partial charge in [-0.2, -0.15) is 5.10 Å². The Labute approximate surface area is 132 Å². The van der Waals surface area contributed by atoms with Crippen molar-refractivity contribution in [3.8, 4) is 0 Å². The topological polar surface area (TPSA) is 88.4 Å². The first-order valence-corrected chi connectivity index (χ1v) is 9.40. The number of rotatable bonds is 5. The molecule has 2 N–H and O–H groups in total. The molecule has 0 bridgehead atoms. The summed E-state index contributed by atoms with van der Waals surface area (Å²) >= 11 is 0. The van der Waals surface area contributed by atoms with Crippen LogP contribution in [-0.2, 0) is 16.4 Å². The predicted molar refractivity (Wildman–Crippen MR) is 87.9 cm³/mol. The number of aryl methyl sites for hydroxylation is 3. The molecule has 0 aromatic carbocycles. The van der Waals surface area contributed by atoms with Gasteiger partial charge >= 0.3 is 0 Å². The summed E-state index contributed by atoms with van der Waals surface area (Å²) in [5.74, 6) is 1.12. The van der Waals surface area contributed by atoms with Crippen LogP contribution in [0.2, 0.25) is 0 Å². The van der Waals surface area contributed by atoms with Crippen LogP contribution in [0.25, 0.3) is 0 Å². The van der Waals surface area contributed by atoms with Gasteiger partial charge in [-0.25, -0.2) is 8.42 Å². The van der Waals surface area contributed by atoms with E-state index < -0.39 is 9.84 Å². The number of guanidine groups is 1. The number of aliphatic imine (C=N–C) groups is 1. The molecule has 0 radical (unpaired) electrons. The molecule has 1 fully saturated rings. The molecule has 0 spiro atoms. The maximum Gasteiger partial charge on any atom is 0.191 e. The van der Waals surface area contributed by atoms with Gasteiger partial charge in [-0.3, -0.25) is 9.67 Å². The van der Waals surface area contributed by atoms with Crippen molar-refractivity contribution in [3.63, 3.8) is 0 Å². The van der Waals surface area contributed by atoms with Gasteiger partial charge in [0, 0.05) is 31.9 Å². The third kappa shape index (κ3) is 4.72. The molecule has 0 saturated carbocycles. The molecular formula is C14H25N5O2S. The first-order chi connectivity index (χ1) is 10.4. The van der Waals surface area contributed by atoms with E-state index in [1.807, 2.05) is 11.6 Å². The average molecular weight is 327 g/mol. The fraction of sp³-hybridized carbons (Fsp3) is 0.714. The summed E-state index contributed by atoms with van der Waals surface area (Å²) < 4.78 is 24.9. The van der Waals surface area contributed by atoms with E-state index in [1.54, 1.807) is 7.05 Å². The van der Waals surface area contributed by atoms with Gasteiger partial charge in [-0.15, -0.1) is 0 Å². The van der Waals surface area contributed by atoms with Crippen molar-refractivity contribution in [2.75, 3.05) is 25.1 Å². The number of hydrogen-bond donors (Lipinski definition) is 2. The molecule has 124 valence electrons. The van der Waals surface area contributed by atoms with Crippen molar-refractivity contribution in [1.82, 2.24) is 20.4 Å². The fourth-order valence-corrected chi connectivity index (χ4v) is 4.31. The number of hydrogen-bond acceptors (Lipinski definition) is 4. The minimum absolute atomic E-state index is 0.0350. The molecule has 7 nitrogen and oxygen atoms in total. The molecule has 0 aliphatic carbocycles. The zero-order chi connectivity index (χ0) is 16.2. The molecule has 8 heteroatoms. The molecule has 1 aromatic heterocycles. The maximum atomic E-state index is 11.5. The van der Waals surface area contributed by atoms with Gasteiger partial charge < -0.3 is 10.6 Å². The van der Waals surface area contributed by atoms with E-state index in [0.717, 1.165) is 30.9 Å². The Balaban J connectivity index is 1.72. The second kappa shape index (κ2) is 7.13. The van der Waals surface area contributed by atoms with Crippen LogP contribution in [0.15, 0.2) is 11.1 Å². The Morgan fingerprint density at radius 1 is 1.50 bits per heavy atom. The van der Waals surface area contributed by atoms with E-state index >= 15 is 0 Å². The van der Waals surface area contributed by atoms with Crippen LogP contribution >= 0.6 is 0 Å². The van der Waals surface area contributed by atoms with Gasteiger partial charge in [-0.1, -0.05) is 0 Å². The lowest BCUT2D eigenvalue weighted by atomic mass is 10.3. The first-order valence-electron chi connectivity index (χ1n) is 7.58. The zero-order valence-electron chi connectivity index (χ0n) is 13.5. The highest BCUT2D eigenvalue weighted by Crippen LogP contribution is 2.10. The second-order valence-electron chi connectivity index (χ2n) is 5.75. The zero-order valence-corrected chi connectivity index (χ0v) is 14.3. The molecule has 2 heterocycles. The summed E-state index contributed by atoms with van der Waals surface area (Å²) in [6.07, 6.45) is 1.57. The van der Waals surface area contributed by atoms with E-state index in [-0.39, 0.29) is 17.5 Å². The summed E-state index contributed by atoms with van der Waals surface area (Å²) in [5.41, 5.74) is 2.20. The van der Waals surface area contributed by atoms with E-state index in [2.05, 4.69) is 33.7 Å². The van der Waals surface area contributed by atoms with Gasteiger partial charge in [0.05, 0.1) is 17.2 Å². The van der Waals surface area contributed by atoms with Crippen molar-refractivity contribution < 1.29 is 8.42 Å². The average Bonchev–Trinajstić information content (AvgIpc) is 2.95. The van der Waals surface area contributed by atoms with Gasteiger partial charge in [-0.05, 0) is 32.8 Å². The number of sulfone groups is 1. The summed E-state index contributed by atoms with van der Waals surface area (Å²) in [6, 6.07) is 2.03. The Bertz CT molecular complexity index is 636. The second-order valence-corrected chi connectivity index (χ2v) is 7.98. The number of nitrogens with zero attached hydrogens (tertiary/aromatic N) is 3. The molecule has 1 aromatic rings. The Kier molecular flexibility index (Phi) is 5.44. The highest BCUT2D eigenvalue weighted by Gasteiger charge is 2.28. The van der Waals surface area contributed by atoms with Gasteiger partial charge in [0.25, 0.3) is 0 Å². The highest BCUT2D eigenvalue weighted by molar-refractivity contribution is 7.91. The third-order valence-corrected chi connectivity index (χ3v) is 5.51. The van der Waals surface area contributed by atoms with Crippen LogP contribution in [0.3, 0.4) is 0 Å². The normalized spacial score (nSPS) is 21.0. The van der Waals surface area contributed by atoms with Crippen LogP contribution in [0.4, 0.5) is 0 Å². The van der Waals surface area contributed by atoms with E-state index in [9.17, 15) is 8.42 Å². The smallest absolute Gasteiger partial charge is 0.191 e. The summed E-state index contributed by atoms with van der Waals surface area (Å²) in [4.78, 5) is 4.14. The molecular weight excluding hydrogens is 302 g/mol. The number of aromatic nitrogens is 2. The molecule has 1 aliphatic rings. The number of nitrogens with one attached hydrogen (secondary N) is 2. The first kappa shape index (κ1) is 16.8. The molecule has 1 saturated heterocycles. The molecule has 22 heavy (non-hydrogen) atoms. The molecule has 1 atom stereocenters. The summed E-state index contributed by atoms with van der Waals surface area (Å²) in [5, 5.41) is 10.8. The van der Waals surface area contributed by atoms with Crippen molar-refractivity contribution in [2.24, 2.45) is 4.99 Å². The maximum absolute atomic E-state index is 11.5. The Morgan fingerprint density at radius 3 is 2.82 bits per heavy atom. The van der Waals surface area contributed by atoms with Gasteiger partial charge in [0.1, 0.15) is 0 Å². The molecule has 2 rings (SSSR count). The van der Waals surface area contributed by atoms with Crippen molar-refractivity contribution in [3.05, 3.63) is 17.5 Å². The Morgan fingerprint density at radius 2 is 2.27 bits per heavy atom. The van der Waals surface area contributed by atoms with E-state index in [0.29, 0.717) is 12.4 Å². The van der Waals surface area contributed by atoms with Gasteiger partial charge in [0.15, 0.2) is 15.8 Å². The minimum atomic E-state index is -2.87. The summed E-state index contributed by atoms with van der Waals surface area (Å²) in [7, 11) is -1.18. The lowest BCUT2D eigenvalue weighted by molar-refractivity contribution is 0.552. The van der Waals surface area contributed by atoms with Crippen molar-refractivity contribution >= 4 is 15.8 Å². The van der Waals surface area contributed by atoms with Crippen LogP contribution in [0.1, 0.15) is 24.2 Å². The quantitative estimate of drug-likeness (QED) is 0.459. The van der Waals surface area contributed by atoms with E-state index in [1.165, 1.54) is 0 Å². The molecule has 1 aliphatic heterocycles. The largest absolute Gasteiger partial charge is 0.356 e. The van der Waals surface area contributed by atoms with Crippen LogP contribution in [0, 0.1) is 13.8 Å². The SMILES string of the molecule is CN=C(NCCCn1nc(C)cc1C)NC1CCS(=O)(=O)C1. The third-order valence-electron chi connectivity index (χ3n) is 3.74. The van der Waals surface area contributed by atoms with Crippen LogP contribution in [0.5, 0.6) is 0 Å². The fourth-order valence-electron chi connectivity index (χ4n) is 2.63. The highest BCUT2D eigenvalue weighted by atomic mass is 32.2. The lowest BCUT2D eigenvalue weighted by Gasteiger charge is -2.16. The standard InChI is InChI=1S/C14H25N5O2S/c1-11-9-12(2)19(18-11)7-4-6-16-14(15-3)17-13-5-8-22(20,21)10-13/h9,13H,4-8,10H2,1-3H3,(H2,15,16,17). The summed E-state index contributed by atoms with van der Waals surface area (Å²) in [6.45, 7) is 5.65. The van der Waals surface area contributed by atoms with Crippen LogP contribution < -0.4 is 10.6 Å². The predicted octanol–water partition coefficient (Wildman–Crippen LogP) is 0.242. The van der Waals surface area contributed by atoms with E-state index in [4.69, 9.17) is 0 Å². The lowest BCUT2D eigenvalue weighted by Crippen LogP contribution is -2.44. The molecule has 1 unspecified atom stereocenters. The van der Waals surface area contributed by atoms with Crippen molar-refractivity contribution in [2.45, 2.75) is 39.3 Å². The van der Waals surface area contributed by atoms with Crippen LogP contribution in [-0.4, -0.2) is 55.3 Å².